The molecule has 0 saturated carbocycles. The van der Waals surface area contributed by atoms with Crippen LogP contribution in [0.3, 0.4) is 0 Å². The van der Waals surface area contributed by atoms with Crippen LogP contribution in [0.1, 0.15) is 0 Å². The van der Waals surface area contributed by atoms with Gasteiger partial charge in [-0.2, -0.15) is 0 Å². The highest BCUT2D eigenvalue weighted by molar-refractivity contribution is 6.12. The van der Waals surface area contributed by atoms with E-state index in [-0.39, 0.29) is 11.4 Å². The Morgan fingerprint density at radius 1 is 1.10 bits per heavy atom. The van der Waals surface area contributed by atoms with Gasteiger partial charge in [0.15, 0.2) is 5.75 Å². The molecule has 2 amide bonds. The van der Waals surface area contributed by atoms with E-state index < -0.39 is 6.03 Å². The average Bonchev–Trinajstić information content (AvgIpc) is 2.47. The summed E-state index contributed by atoms with van der Waals surface area (Å²) in [5, 5.41) is 18.3. The molecule has 3 rings (SSSR count). The minimum atomic E-state index is -0.937. The number of hydrogen-bond acceptors (Lipinski definition) is 5. The summed E-state index contributed by atoms with van der Waals surface area (Å²) in [6.45, 7) is 0. The van der Waals surface area contributed by atoms with E-state index in [2.05, 4.69) is 20.2 Å². The fourth-order valence-electron chi connectivity index (χ4n) is 2.03. The van der Waals surface area contributed by atoms with Crippen molar-refractivity contribution in [3.8, 4) is 5.75 Å². The molecule has 2 heterocycles. The standard InChI is InChI=1S/C13H9N5O2/c14-13(20)18-17-11-7-3-1-5-15-9(7)10-8(12(11)19)4-2-6-16-10/h1-6,19H,(H2,14,20). The number of nitrogens with two attached hydrogens (primary N) is 1. The normalized spacial score (nSPS) is 11.4. The van der Waals surface area contributed by atoms with Crippen molar-refractivity contribution < 1.29 is 9.90 Å². The summed E-state index contributed by atoms with van der Waals surface area (Å²) in [5.41, 5.74) is 6.21. The number of aromatic nitrogens is 2. The van der Waals surface area contributed by atoms with Gasteiger partial charge in [0.05, 0.1) is 5.52 Å². The summed E-state index contributed by atoms with van der Waals surface area (Å²) < 4.78 is 0. The van der Waals surface area contributed by atoms with Crippen LogP contribution in [0, 0.1) is 0 Å². The van der Waals surface area contributed by atoms with Crippen LogP contribution in [-0.2, 0) is 0 Å². The zero-order valence-corrected chi connectivity index (χ0v) is 10.2. The van der Waals surface area contributed by atoms with Crippen LogP contribution in [-0.4, -0.2) is 21.1 Å². The van der Waals surface area contributed by atoms with Gasteiger partial charge in [-0.05, 0) is 24.3 Å². The van der Waals surface area contributed by atoms with Crippen LogP contribution >= 0.6 is 0 Å². The fourth-order valence-corrected chi connectivity index (χ4v) is 2.03. The second-order valence-electron chi connectivity index (χ2n) is 4.03. The number of urea groups is 1. The lowest BCUT2D eigenvalue weighted by atomic mass is 10.1. The number of amides is 2. The van der Waals surface area contributed by atoms with Crippen LogP contribution < -0.4 is 5.73 Å². The molecule has 0 fully saturated rings. The number of hydrogen-bond donors (Lipinski definition) is 2. The molecule has 0 bridgehead atoms. The number of phenols is 1. The number of carbonyl (C=O) groups is 1. The number of primary amides is 1. The molecule has 1 aromatic carbocycles. The van der Waals surface area contributed by atoms with E-state index in [1.54, 1.807) is 36.7 Å². The third-order valence-electron chi connectivity index (χ3n) is 2.82. The molecule has 98 valence electrons. The predicted molar refractivity (Wildman–Crippen MR) is 72.8 cm³/mol. The van der Waals surface area contributed by atoms with Gasteiger partial charge in [0.25, 0.3) is 0 Å². The zero-order valence-electron chi connectivity index (χ0n) is 10.2. The van der Waals surface area contributed by atoms with Gasteiger partial charge >= 0.3 is 6.03 Å². The van der Waals surface area contributed by atoms with Crippen LogP contribution in [0.4, 0.5) is 10.5 Å². The third-order valence-corrected chi connectivity index (χ3v) is 2.82. The molecule has 0 aliphatic rings. The number of fused-ring (bicyclic) bond motifs is 3. The van der Waals surface area contributed by atoms with E-state index in [0.29, 0.717) is 21.8 Å². The van der Waals surface area contributed by atoms with Crippen molar-refractivity contribution in [3.05, 3.63) is 36.7 Å². The minimum Gasteiger partial charge on any atom is -0.505 e. The van der Waals surface area contributed by atoms with Crippen LogP contribution in [0.2, 0.25) is 0 Å². The molecular weight excluding hydrogens is 258 g/mol. The van der Waals surface area contributed by atoms with Crippen molar-refractivity contribution in [2.45, 2.75) is 0 Å². The van der Waals surface area contributed by atoms with Gasteiger partial charge in [0.1, 0.15) is 11.2 Å². The summed E-state index contributed by atoms with van der Waals surface area (Å²) in [5.74, 6) is -0.112. The molecule has 20 heavy (non-hydrogen) atoms. The maximum atomic E-state index is 10.7. The number of nitrogens with zero attached hydrogens (tertiary/aromatic N) is 4. The molecule has 0 aliphatic heterocycles. The van der Waals surface area contributed by atoms with E-state index in [4.69, 9.17) is 5.73 Å². The molecule has 0 spiro atoms. The molecule has 0 saturated heterocycles. The van der Waals surface area contributed by atoms with Crippen molar-refractivity contribution in [2.24, 2.45) is 16.0 Å². The van der Waals surface area contributed by atoms with Gasteiger partial charge in [-0.25, -0.2) is 4.79 Å². The Balaban J connectivity index is 2.47. The molecule has 0 radical (unpaired) electrons. The number of benzene rings is 1. The van der Waals surface area contributed by atoms with E-state index >= 15 is 0 Å². The zero-order chi connectivity index (χ0) is 14.1. The Bertz CT molecular complexity index is 860. The van der Waals surface area contributed by atoms with Gasteiger partial charge in [0, 0.05) is 23.2 Å². The highest BCUT2D eigenvalue weighted by atomic mass is 16.3. The van der Waals surface area contributed by atoms with E-state index in [9.17, 15) is 9.90 Å². The Morgan fingerprint density at radius 3 is 2.35 bits per heavy atom. The Morgan fingerprint density at radius 2 is 1.70 bits per heavy atom. The van der Waals surface area contributed by atoms with Crippen LogP contribution in [0.5, 0.6) is 5.75 Å². The first-order chi connectivity index (χ1) is 9.68. The van der Waals surface area contributed by atoms with E-state index in [1.165, 1.54) is 0 Å². The first-order valence-corrected chi connectivity index (χ1v) is 5.74. The Hall–Kier alpha value is -3.09. The van der Waals surface area contributed by atoms with Gasteiger partial charge in [0.2, 0.25) is 0 Å². The third kappa shape index (κ3) is 1.81. The molecule has 0 unspecified atom stereocenters. The molecule has 3 aromatic rings. The second-order valence-corrected chi connectivity index (χ2v) is 4.03. The summed E-state index contributed by atoms with van der Waals surface area (Å²) in [6.07, 6.45) is 3.23. The summed E-state index contributed by atoms with van der Waals surface area (Å²) in [6, 6.07) is 5.85. The number of phenolic OH excluding ortho intramolecular Hbond substituents is 1. The molecule has 0 atom stereocenters. The predicted octanol–water partition coefficient (Wildman–Crippen LogP) is 2.65. The highest BCUT2D eigenvalue weighted by Crippen LogP contribution is 2.41. The number of pyridine rings is 2. The first kappa shape index (κ1) is 12.0. The van der Waals surface area contributed by atoms with Crippen molar-refractivity contribution in [2.75, 3.05) is 0 Å². The number of azo groups is 1. The molecule has 2 aromatic heterocycles. The summed E-state index contributed by atoms with van der Waals surface area (Å²) >= 11 is 0. The number of carbonyl (C=O) groups excluding carboxylic acids is 1. The SMILES string of the molecule is NC(=O)N=Nc1c(O)c2cccnc2c2ncccc12. The van der Waals surface area contributed by atoms with Gasteiger partial charge in [-0.1, -0.05) is 5.11 Å². The maximum Gasteiger partial charge on any atom is 0.356 e. The van der Waals surface area contributed by atoms with Gasteiger partial charge in [-0.15, -0.1) is 5.11 Å². The van der Waals surface area contributed by atoms with Gasteiger partial charge < -0.3 is 10.8 Å². The number of aromatic hydroxyl groups is 1. The molecular formula is C13H9N5O2. The lowest BCUT2D eigenvalue weighted by molar-refractivity contribution is 0.255. The molecule has 3 N–H and O–H groups in total. The lowest BCUT2D eigenvalue weighted by Crippen LogP contribution is -2.02. The topological polar surface area (TPSA) is 114 Å². The van der Waals surface area contributed by atoms with E-state index in [1.807, 2.05) is 0 Å². The van der Waals surface area contributed by atoms with Crippen molar-refractivity contribution in [1.82, 2.24) is 9.97 Å². The second kappa shape index (κ2) is 4.54. The minimum absolute atomic E-state index is 0.112. The monoisotopic (exact) mass is 267 g/mol. The summed E-state index contributed by atoms with van der Waals surface area (Å²) in [4.78, 5) is 19.2. The maximum absolute atomic E-state index is 10.7. The Labute approximate surface area is 112 Å². The average molecular weight is 267 g/mol. The van der Waals surface area contributed by atoms with Crippen LogP contribution in [0.25, 0.3) is 21.8 Å². The quantitative estimate of drug-likeness (QED) is 0.521. The smallest absolute Gasteiger partial charge is 0.356 e. The van der Waals surface area contributed by atoms with E-state index in [0.717, 1.165) is 0 Å². The molecule has 7 heteroatoms. The first-order valence-electron chi connectivity index (χ1n) is 5.74. The van der Waals surface area contributed by atoms with Gasteiger partial charge in [-0.3, -0.25) is 9.97 Å². The van der Waals surface area contributed by atoms with Crippen molar-refractivity contribution in [3.63, 3.8) is 0 Å². The largest absolute Gasteiger partial charge is 0.505 e. The van der Waals surface area contributed by atoms with Crippen LogP contribution in [0.15, 0.2) is 46.9 Å². The van der Waals surface area contributed by atoms with Crippen molar-refractivity contribution in [1.29, 1.82) is 0 Å². The highest BCUT2D eigenvalue weighted by Gasteiger charge is 2.15. The lowest BCUT2D eigenvalue weighted by Gasteiger charge is -2.07. The summed E-state index contributed by atoms with van der Waals surface area (Å²) in [7, 11) is 0. The number of rotatable bonds is 1. The van der Waals surface area contributed by atoms with Crippen molar-refractivity contribution >= 4 is 33.5 Å². The molecule has 0 aliphatic carbocycles. The Kier molecular flexibility index (Phi) is 2.72. The molecule has 7 nitrogen and oxygen atoms in total. The fraction of sp³-hybridized carbons (Fsp3) is 0.